The van der Waals surface area contributed by atoms with Crippen LogP contribution in [0, 0.1) is 0 Å². The molecule has 1 atom stereocenters. The van der Waals surface area contributed by atoms with Crippen molar-refractivity contribution in [3.8, 4) is 0 Å². The SMILES string of the molecule is CCCNC(C)c1ccc(N(C)Cc2ccco2)cn1. The van der Waals surface area contributed by atoms with E-state index in [4.69, 9.17) is 4.42 Å². The number of anilines is 1. The number of hydrogen-bond donors (Lipinski definition) is 1. The minimum Gasteiger partial charge on any atom is -0.467 e. The highest BCUT2D eigenvalue weighted by molar-refractivity contribution is 5.44. The topological polar surface area (TPSA) is 41.3 Å². The van der Waals surface area contributed by atoms with Crippen molar-refractivity contribution >= 4 is 5.69 Å². The molecule has 2 rings (SSSR count). The first-order valence-electron chi connectivity index (χ1n) is 7.13. The van der Waals surface area contributed by atoms with E-state index >= 15 is 0 Å². The molecule has 2 aromatic rings. The van der Waals surface area contributed by atoms with E-state index in [1.807, 2.05) is 25.4 Å². The van der Waals surface area contributed by atoms with E-state index in [-0.39, 0.29) is 0 Å². The third-order valence-electron chi connectivity index (χ3n) is 3.33. The standard InChI is InChI=1S/C16H23N3O/c1-4-9-17-13(2)16-8-7-14(11-18-16)19(3)12-15-6-5-10-20-15/h5-8,10-11,13,17H,4,9,12H2,1-3H3. The van der Waals surface area contributed by atoms with Gasteiger partial charge in [-0.2, -0.15) is 0 Å². The van der Waals surface area contributed by atoms with Gasteiger partial charge in [0.15, 0.2) is 0 Å². The fourth-order valence-electron chi connectivity index (χ4n) is 2.07. The molecular weight excluding hydrogens is 250 g/mol. The van der Waals surface area contributed by atoms with Crippen molar-refractivity contribution in [1.82, 2.24) is 10.3 Å². The monoisotopic (exact) mass is 273 g/mol. The van der Waals surface area contributed by atoms with Gasteiger partial charge in [0.2, 0.25) is 0 Å². The molecule has 0 saturated carbocycles. The Bertz CT molecular complexity index is 493. The minimum absolute atomic E-state index is 0.291. The fraction of sp³-hybridized carbons (Fsp3) is 0.438. The Morgan fingerprint density at radius 2 is 2.20 bits per heavy atom. The summed E-state index contributed by atoms with van der Waals surface area (Å²) < 4.78 is 5.36. The highest BCUT2D eigenvalue weighted by Crippen LogP contribution is 2.17. The molecule has 0 aromatic carbocycles. The summed E-state index contributed by atoms with van der Waals surface area (Å²) in [6.07, 6.45) is 4.75. The van der Waals surface area contributed by atoms with Gasteiger partial charge in [-0.25, -0.2) is 0 Å². The zero-order chi connectivity index (χ0) is 14.4. The van der Waals surface area contributed by atoms with Crippen LogP contribution in [0.25, 0.3) is 0 Å². The van der Waals surface area contributed by atoms with Crippen molar-refractivity contribution in [1.29, 1.82) is 0 Å². The van der Waals surface area contributed by atoms with E-state index in [0.29, 0.717) is 6.04 Å². The highest BCUT2D eigenvalue weighted by Gasteiger charge is 2.08. The number of nitrogens with one attached hydrogen (secondary N) is 1. The zero-order valence-corrected chi connectivity index (χ0v) is 12.5. The molecule has 0 amide bonds. The van der Waals surface area contributed by atoms with E-state index in [1.165, 1.54) is 0 Å². The number of pyridine rings is 1. The predicted octanol–water partition coefficient (Wildman–Crippen LogP) is 3.37. The average molecular weight is 273 g/mol. The van der Waals surface area contributed by atoms with E-state index < -0.39 is 0 Å². The summed E-state index contributed by atoms with van der Waals surface area (Å²) in [6.45, 7) is 6.07. The molecule has 2 aromatic heterocycles. The molecule has 20 heavy (non-hydrogen) atoms. The summed E-state index contributed by atoms with van der Waals surface area (Å²) in [5.41, 5.74) is 2.17. The Morgan fingerprint density at radius 1 is 1.35 bits per heavy atom. The lowest BCUT2D eigenvalue weighted by Crippen LogP contribution is -2.21. The first-order chi connectivity index (χ1) is 9.70. The largest absolute Gasteiger partial charge is 0.467 e. The van der Waals surface area contributed by atoms with Crippen LogP contribution < -0.4 is 10.2 Å². The Balaban J connectivity index is 1.96. The number of aromatic nitrogens is 1. The number of rotatable bonds is 7. The molecule has 0 aliphatic carbocycles. The lowest BCUT2D eigenvalue weighted by Gasteiger charge is -2.19. The Hall–Kier alpha value is -1.81. The van der Waals surface area contributed by atoms with Crippen LogP contribution in [0.15, 0.2) is 41.1 Å². The van der Waals surface area contributed by atoms with Gasteiger partial charge in [-0.15, -0.1) is 0 Å². The van der Waals surface area contributed by atoms with Crippen molar-refractivity contribution in [2.24, 2.45) is 0 Å². The Morgan fingerprint density at radius 3 is 2.80 bits per heavy atom. The van der Waals surface area contributed by atoms with E-state index in [0.717, 1.165) is 36.7 Å². The van der Waals surface area contributed by atoms with Crippen molar-refractivity contribution in [3.63, 3.8) is 0 Å². The third-order valence-corrected chi connectivity index (χ3v) is 3.33. The van der Waals surface area contributed by atoms with Crippen molar-refractivity contribution in [2.75, 3.05) is 18.5 Å². The van der Waals surface area contributed by atoms with Crippen LogP contribution in [0.1, 0.15) is 37.8 Å². The predicted molar refractivity (Wildman–Crippen MR) is 81.8 cm³/mol. The van der Waals surface area contributed by atoms with Gasteiger partial charge in [0.25, 0.3) is 0 Å². The maximum absolute atomic E-state index is 5.36. The van der Waals surface area contributed by atoms with Crippen LogP contribution in [-0.4, -0.2) is 18.6 Å². The molecule has 2 heterocycles. The third kappa shape index (κ3) is 3.84. The quantitative estimate of drug-likeness (QED) is 0.839. The van der Waals surface area contributed by atoms with E-state index in [1.54, 1.807) is 6.26 Å². The summed E-state index contributed by atoms with van der Waals surface area (Å²) in [5.74, 6) is 0.953. The first-order valence-corrected chi connectivity index (χ1v) is 7.13. The van der Waals surface area contributed by atoms with E-state index in [9.17, 15) is 0 Å². The summed E-state index contributed by atoms with van der Waals surface area (Å²) in [5, 5.41) is 3.44. The van der Waals surface area contributed by atoms with Crippen LogP contribution in [-0.2, 0) is 6.54 Å². The number of nitrogens with zero attached hydrogens (tertiary/aromatic N) is 2. The van der Waals surface area contributed by atoms with Gasteiger partial charge in [-0.3, -0.25) is 4.98 Å². The summed E-state index contributed by atoms with van der Waals surface area (Å²) in [6, 6.07) is 8.37. The summed E-state index contributed by atoms with van der Waals surface area (Å²) in [7, 11) is 2.04. The second-order valence-electron chi connectivity index (χ2n) is 5.05. The molecule has 1 unspecified atom stereocenters. The minimum atomic E-state index is 0.291. The molecule has 0 radical (unpaired) electrons. The van der Waals surface area contributed by atoms with Gasteiger partial charge in [0.05, 0.1) is 30.4 Å². The van der Waals surface area contributed by atoms with Crippen molar-refractivity contribution < 1.29 is 4.42 Å². The molecule has 0 fully saturated rings. The molecule has 0 aliphatic heterocycles. The smallest absolute Gasteiger partial charge is 0.123 e. The second kappa shape index (κ2) is 7.10. The normalized spacial score (nSPS) is 12.3. The molecular formula is C16H23N3O. The van der Waals surface area contributed by atoms with Gasteiger partial charge in [0.1, 0.15) is 5.76 Å². The zero-order valence-electron chi connectivity index (χ0n) is 12.5. The fourth-order valence-corrected chi connectivity index (χ4v) is 2.07. The average Bonchev–Trinajstić information content (AvgIpc) is 2.97. The van der Waals surface area contributed by atoms with Crippen LogP contribution in [0.4, 0.5) is 5.69 Å². The van der Waals surface area contributed by atoms with Crippen molar-refractivity contribution in [2.45, 2.75) is 32.9 Å². The number of hydrogen-bond acceptors (Lipinski definition) is 4. The van der Waals surface area contributed by atoms with Gasteiger partial charge < -0.3 is 14.6 Å². The van der Waals surface area contributed by atoms with Crippen molar-refractivity contribution in [3.05, 3.63) is 48.2 Å². The molecule has 108 valence electrons. The number of furan rings is 1. The second-order valence-corrected chi connectivity index (χ2v) is 5.05. The van der Waals surface area contributed by atoms with E-state index in [2.05, 4.69) is 41.2 Å². The first kappa shape index (κ1) is 14.6. The molecule has 4 nitrogen and oxygen atoms in total. The van der Waals surface area contributed by atoms with Crippen LogP contribution in [0.2, 0.25) is 0 Å². The Kier molecular flexibility index (Phi) is 5.18. The van der Waals surface area contributed by atoms with Crippen LogP contribution in [0.3, 0.4) is 0 Å². The molecule has 1 N–H and O–H groups in total. The van der Waals surface area contributed by atoms with Gasteiger partial charge in [-0.05, 0) is 44.2 Å². The maximum Gasteiger partial charge on any atom is 0.123 e. The molecule has 0 bridgehead atoms. The Labute approximate surface area is 120 Å². The van der Waals surface area contributed by atoms with Gasteiger partial charge >= 0.3 is 0 Å². The molecule has 0 aliphatic rings. The summed E-state index contributed by atoms with van der Waals surface area (Å²) in [4.78, 5) is 6.67. The van der Waals surface area contributed by atoms with Crippen LogP contribution in [0.5, 0.6) is 0 Å². The lowest BCUT2D eigenvalue weighted by molar-refractivity contribution is 0.507. The maximum atomic E-state index is 5.36. The molecule has 0 saturated heterocycles. The van der Waals surface area contributed by atoms with Gasteiger partial charge in [0, 0.05) is 13.1 Å². The van der Waals surface area contributed by atoms with Gasteiger partial charge in [-0.1, -0.05) is 6.92 Å². The molecule has 4 heteroatoms. The lowest BCUT2D eigenvalue weighted by atomic mass is 10.2. The molecule has 0 spiro atoms. The highest BCUT2D eigenvalue weighted by atomic mass is 16.3. The van der Waals surface area contributed by atoms with Crippen LogP contribution >= 0.6 is 0 Å². The summed E-state index contributed by atoms with van der Waals surface area (Å²) >= 11 is 0.